The summed E-state index contributed by atoms with van der Waals surface area (Å²) in [5.41, 5.74) is 0.678. The molecule has 0 radical (unpaired) electrons. The lowest BCUT2D eigenvalue weighted by Gasteiger charge is -2.35. The van der Waals surface area contributed by atoms with E-state index in [1.807, 2.05) is 24.1 Å². The van der Waals surface area contributed by atoms with Gasteiger partial charge in [-0.05, 0) is 19.2 Å². The molecule has 8 heteroatoms. The average molecular weight is 388 g/mol. The molecule has 8 nitrogen and oxygen atoms in total. The minimum absolute atomic E-state index is 0.0528. The highest BCUT2D eigenvalue weighted by Crippen LogP contribution is 2.17. The maximum Gasteiger partial charge on any atom is 0.226 e. The molecule has 2 aliphatic heterocycles. The lowest BCUT2D eigenvalue weighted by atomic mass is 10.0. The van der Waals surface area contributed by atoms with Gasteiger partial charge in [0.1, 0.15) is 6.10 Å². The van der Waals surface area contributed by atoms with Crippen LogP contribution < -0.4 is 5.32 Å². The Labute approximate surface area is 165 Å². The molecule has 2 N–H and O–H groups in total. The van der Waals surface area contributed by atoms with Crippen LogP contribution in [0.15, 0.2) is 36.5 Å². The number of carbonyl (C=O) groups excluding carboxylic acids is 2. The Bertz CT molecular complexity index is 689. The molecule has 1 saturated heterocycles. The molecule has 0 unspecified atom stereocenters. The van der Waals surface area contributed by atoms with Crippen molar-refractivity contribution < 1.29 is 19.4 Å². The van der Waals surface area contributed by atoms with Gasteiger partial charge in [0.05, 0.1) is 31.6 Å². The van der Waals surface area contributed by atoms with Crippen LogP contribution in [-0.4, -0.2) is 89.8 Å². The number of carbonyl (C=O) groups is 2. The molecule has 1 fully saturated rings. The fourth-order valence-corrected chi connectivity index (χ4v) is 3.40. The largest absolute Gasteiger partial charge is 0.394 e. The summed E-state index contributed by atoms with van der Waals surface area (Å²) in [6.07, 6.45) is 4.68. The molecule has 3 atom stereocenters. The van der Waals surface area contributed by atoms with Gasteiger partial charge in [-0.25, -0.2) is 0 Å². The predicted molar refractivity (Wildman–Crippen MR) is 103 cm³/mol. The maximum atomic E-state index is 12.5. The highest BCUT2D eigenvalue weighted by molar-refractivity contribution is 5.79. The van der Waals surface area contributed by atoms with Gasteiger partial charge in [-0.15, -0.1) is 0 Å². The zero-order valence-electron chi connectivity index (χ0n) is 16.2. The fraction of sp³-hybridized carbons (Fsp3) is 0.550. The Hall–Kier alpha value is -2.29. The van der Waals surface area contributed by atoms with Crippen molar-refractivity contribution >= 4 is 11.8 Å². The third-order valence-corrected chi connectivity index (χ3v) is 5.09. The summed E-state index contributed by atoms with van der Waals surface area (Å²) >= 11 is 0. The van der Waals surface area contributed by atoms with Crippen molar-refractivity contribution in [3.63, 3.8) is 0 Å². The van der Waals surface area contributed by atoms with Crippen LogP contribution in [0, 0.1) is 0 Å². The number of aromatic nitrogens is 1. The number of aliphatic hydroxyl groups excluding tert-OH is 1. The lowest BCUT2D eigenvalue weighted by Crippen LogP contribution is -2.50. The van der Waals surface area contributed by atoms with E-state index < -0.39 is 18.2 Å². The van der Waals surface area contributed by atoms with E-state index >= 15 is 0 Å². The number of likely N-dealkylation sites (N-methyl/N-ethyl adjacent to an activating group) is 1. The van der Waals surface area contributed by atoms with E-state index in [0.717, 1.165) is 26.2 Å². The van der Waals surface area contributed by atoms with E-state index in [-0.39, 0.29) is 31.3 Å². The van der Waals surface area contributed by atoms with Crippen LogP contribution in [-0.2, 0) is 20.7 Å². The normalized spacial score (nSPS) is 25.5. The molecule has 152 valence electrons. The topological polar surface area (TPSA) is 95.0 Å². The number of nitrogens with one attached hydrogen (secondary N) is 1. The van der Waals surface area contributed by atoms with E-state index in [4.69, 9.17) is 4.74 Å². The molecule has 1 aromatic rings. The van der Waals surface area contributed by atoms with Crippen molar-refractivity contribution in [2.75, 3.05) is 39.8 Å². The molecule has 0 aromatic carbocycles. The van der Waals surface area contributed by atoms with Crippen LogP contribution in [0.2, 0.25) is 0 Å². The van der Waals surface area contributed by atoms with Crippen molar-refractivity contribution in [1.29, 1.82) is 0 Å². The van der Waals surface area contributed by atoms with Crippen molar-refractivity contribution in [2.24, 2.45) is 0 Å². The summed E-state index contributed by atoms with van der Waals surface area (Å²) < 4.78 is 5.86. The second-order valence-electron chi connectivity index (χ2n) is 7.26. The molecule has 3 rings (SSSR count). The lowest BCUT2D eigenvalue weighted by molar-refractivity contribution is -0.137. The first-order chi connectivity index (χ1) is 13.5. The van der Waals surface area contributed by atoms with Crippen molar-refractivity contribution in [3.8, 4) is 0 Å². The highest BCUT2D eigenvalue weighted by Gasteiger charge is 2.30. The number of hydrogen-bond acceptors (Lipinski definition) is 6. The number of aliphatic hydroxyl groups is 1. The molecule has 2 aliphatic rings. The predicted octanol–water partition coefficient (Wildman–Crippen LogP) is -0.411. The Balaban J connectivity index is 1.51. The van der Waals surface area contributed by atoms with Crippen LogP contribution in [0.1, 0.15) is 12.1 Å². The molecule has 28 heavy (non-hydrogen) atoms. The minimum Gasteiger partial charge on any atom is -0.394 e. The summed E-state index contributed by atoms with van der Waals surface area (Å²) in [5, 5.41) is 12.5. The van der Waals surface area contributed by atoms with E-state index in [1.165, 1.54) is 0 Å². The number of pyridine rings is 1. The molecule has 3 heterocycles. The van der Waals surface area contributed by atoms with Gasteiger partial charge < -0.3 is 25.0 Å². The Kier molecular flexibility index (Phi) is 7.13. The molecule has 1 aromatic heterocycles. The molecule has 0 bridgehead atoms. The van der Waals surface area contributed by atoms with E-state index in [0.29, 0.717) is 5.69 Å². The van der Waals surface area contributed by atoms with Crippen LogP contribution >= 0.6 is 0 Å². The standard InChI is InChI=1S/C20H28N4O4/c1-23-8-10-24(11-9-23)20(27)13-16-5-6-17(18(14-25)28-16)22-19(26)12-15-4-2-3-7-21-15/h2-7,16-18,25H,8-14H2,1H3,(H,22,26)/t16-,17+,18-/m1/s1. The van der Waals surface area contributed by atoms with Gasteiger partial charge in [0.25, 0.3) is 0 Å². The summed E-state index contributed by atoms with van der Waals surface area (Å²) in [6, 6.07) is 4.98. The first-order valence-electron chi connectivity index (χ1n) is 9.65. The Morgan fingerprint density at radius 2 is 2.04 bits per heavy atom. The monoisotopic (exact) mass is 388 g/mol. The Morgan fingerprint density at radius 1 is 1.25 bits per heavy atom. The molecular weight excluding hydrogens is 360 g/mol. The summed E-state index contributed by atoms with van der Waals surface area (Å²) in [7, 11) is 2.04. The minimum atomic E-state index is -0.581. The van der Waals surface area contributed by atoms with Crippen molar-refractivity contribution in [2.45, 2.75) is 31.1 Å². The number of nitrogens with zero attached hydrogens (tertiary/aromatic N) is 3. The smallest absolute Gasteiger partial charge is 0.226 e. The first kappa shape index (κ1) is 20.4. The second kappa shape index (κ2) is 9.77. The number of hydrogen-bond donors (Lipinski definition) is 2. The second-order valence-corrected chi connectivity index (χ2v) is 7.26. The molecule has 0 spiro atoms. The average Bonchev–Trinajstić information content (AvgIpc) is 2.70. The summed E-state index contributed by atoms with van der Waals surface area (Å²) in [5.74, 6) is -0.139. The van der Waals surface area contributed by atoms with Crippen LogP contribution in [0.25, 0.3) is 0 Å². The number of ether oxygens (including phenoxy) is 1. The number of rotatable bonds is 6. The summed E-state index contributed by atoms with van der Waals surface area (Å²) in [6.45, 7) is 2.95. The van der Waals surface area contributed by atoms with Gasteiger partial charge in [-0.1, -0.05) is 18.2 Å². The SMILES string of the molecule is CN1CCN(C(=O)C[C@H]2C=C[C@H](NC(=O)Cc3ccccn3)[C@@H](CO)O2)CC1. The molecular formula is C20H28N4O4. The van der Waals surface area contributed by atoms with Gasteiger partial charge in [-0.3, -0.25) is 14.6 Å². The third kappa shape index (κ3) is 5.60. The molecule has 2 amide bonds. The Morgan fingerprint density at radius 3 is 2.71 bits per heavy atom. The third-order valence-electron chi connectivity index (χ3n) is 5.09. The van der Waals surface area contributed by atoms with Crippen LogP contribution in [0.5, 0.6) is 0 Å². The van der Waals surface area contributed by atoms with E-state index in [1.54, 1.807) is 24.4 Å². The first-order valence-corrected chi connectivity index (χ1v) is 9.65. The summed E-state index contributed by atoms with van der Waals surface area (Å²) in [4.78, 5) is 32.9. The van der Waals surface area contributed by atoms with E-state index in [9.17, 15) is 14.7 Å². The number of piperazine rings is 1. The van der Waals surface area contributed by atoms with Crippen LogP contribution in [0.4, 0.5) is 0 Å². The van der Waals surface area contributed by atoms with E-state index in [2.05, 4.69) is 15.2 Å². The van der Waals surface area contributed by atoms with Gasteiger partial charge >= 0.3 is 0 Å². The quantitative estimate of drug-likeness (QED) is 0.644. The molecule has 0 aliphatic carbocycles. The zero-order valence-corrected chi connectivity index (χ0v) is 16.2. The van der Waals surface area contributed by atoms with Crippen molar-refractivity contribution in [3.05, 3.63) is 42.2 Å². The fourth-order valence-electron chi connectivity index (χ4n) is 3.40. The van der Waals surface area contributed by atoms with Gasteiger partial charge in [0, 0.05) is 38.1 Å². The van der Waals surface area contributed by atoms with Gasteiger partial charge in [0.15, 0.2) is 0 Å². The number of amides is 2. The zero-order chi connectivity index (χ0) is 19.9. The molecule has 0 saturated carbocycles. The van der Waals surface area contributed by atoms with Gasteiger partial charge in [0.2, 0.25) is 11.8 Å². The van der Waals surface area contributed by atoms with Crippen molar-refractivity contribution in [1.82, 2.24) is 20.1 Å². The highest BCUT2D eigenvalue weighted by atomic mass is 16.5. The maximum absolute atomic E-state index is 12.5. The van der Waals surface area contributed by atoms with Crippen LogP contribution in [0.3, 0.4) is 0 Å². The van der Waals surface area contributed by atoms with Gasteiger partial charge in [-0.2, -0.15) is 0 Å².